The lowest BCUT2D eigenvalue weighted by molar-refractivity contribution is 0.302. The van der Waals surface area contributed by atoms with Crippen LogP contribution in [0.3, 0.4) is 0 Å². The molecule has 0 spiro atoms. The summed E-state index contributed by atoms with van der Waals surface area (Å²) in [6, 6.07) is 8.35. The minimum Gasteiger partial charge on any atom is -0.395 e. The summed E-state index contributed by atoms with van der Waals surface area (Å²) in [6.07, 6.45) is 0. The van der Waals surface area contributed by atoms with E-state index >= 15 is 0 Å². The highest BCUT2D eigenvalue weighted by Gasteiger charge is 2.23. The summed E-state index contributed by atoms with van der Waals surface area (Å²) in [7, 11) is 0. The summed E-state index contributed by atoms with van der Waals surface area (Å²) in [6.45, 7) is 2.79. The Kier molecular flexibility index (Phi) is 3.49. The smallest absolute Gasteiger partial charge is 0.0905 e. The van der Waals surface area contributed by atoms with Gasteiger partial charge in [0.2, 0.25) is 0 Å². The van der Waals surface area contributed by atoms with E-state index in [0.717, 1.165) is 18.5 Å². The number of halogens is 1. The van der Waals surface area contributed by atoms with E-state index in [0.29, 0.717) is 6.54 Å². The first-order valence-corrected chi connectivity index (χ1v) is 6.24. The maximum absolute atomic E-state index is 9.00. The molecule has 0 amide bonds. The van der Waals surface area contributed by atoms with Crippen LogP contribution in [-0.2, 0) is 0 Å². The monoisotopic (exact) mass is 270 g/mol. The van der Waals surface area contributed by atoms with Gasteiger partial charge < -0.3 is 14.9 Å². The van der Waals surface area contributed by atoms with Gasteiger partial charge in [0.1, 0.15) is 0 Å². The molecule has 1 aromatic rings. The van der Waals surface area contributed by atoms with Crippen molar-refractivity contribution >= 4 is 27.3 Å². The molecule has 0 bridgehead atoms. The predicted molar refractivity (Wildman–Crippen MR) is 66.9 cm³/mol. The number of hydrogen-bond acceptors (Lipinski definition) is 3. The number of hydrogen-bond donors (Lipinski definition) is 1. The van der Waals surface area contributed by atoms with Crippen LogP contribution in [0.15, 0.2) is 24.3 Å². The van der Waals surface area contributed by atoms with Gasteiger partial charge in [-0.2, -0.15) is 0 Å². The van der Waals surface area contributed by atoms with E-state index in [4.69, 9.17) is 5.11 Å². The van der Waals surface area contributed by atoms with E-state index in [1.807, 2.05) is 6.07 Å². The maximum Gasteiger partial charge on any atom is 0.0905 e. The molecule has 2 rings (SSSR count). The Morgan fingerprint density at radius 2 is 1.73 bits per heavy atom. The Bertz CT molecular complexity index is 301. The topological polar surface area (TPSA) is 26.7 Å². The molecule has 1 heterocycles. The lowest BCUT2D eigenvalue weighted by atomic mass is 10.2. The van der Waals surface area contributed by atoms with Crippen molar-refractivity contribution in [3.05, 3.63) is 24.3 Å². The van der Waals surface area contributed by atoms with Crippen LogP contribution in [0.5, 0.6) is 0 Å². The molecular formula is C11H15BrN2O. The number of benzene rings is 1. The van der Waals surface area contributed by atoms with E-state index < -0.39 is 0 Å². The van der Waals surface area contributed by atoms with Gasteiger partial charge in [-0.05, 0) is 12.1 Å². The molecule has 15 heavy (non-hydrogen) atoms. The zero-order valence-corrected chi connectivity index (χ0v) is 10.2. The van der Waals surface area contributed by atoms with Crippen molar-refractivity contribution in [3.8, 4) is 0 Å². The second kappa shape index (κ2) is 4.86. The first-order valence-electron chi connectivity index (χ1n) is 5.12. The van der Waals surface area contributed by atoms with Crippen LogP contribution in [0.25, 0.3) is 0 Å². The lowest BCUT2D eigenvalue weighted by Gasteiger charge is -2.20. The Labute approximate surface area is 98.4 Å². The molecule has 1 aliphatic heterocycles. The Morgan fingerprint density at radius 1 is 1.13 bits per heavy atom. The Balaban J connectivity index is 2.22. The second-order valence-electron chi connectivity index (χ2n) is 3.57. The van der Waals surface area contributed by atoms with Gasteiger partial charge in [0, 0.05) is 18.4 Å². The summed E-state index contributed by atoms with van der Waals surface area (Å²) in [5, 5.41) is 9.97. The zero-order valence-electron chi connectivity index (χ0n) is 8.56. The van der Waals surface area contributed by atoms with Gasteiger partial charge in [0.05, 0.1) is 24.7 Å². The molecule has 82 valence electrons. The molecule has 0 unspecified atom stereocenters. The first-order chi connectivity index (χ1) is 7.36. The molecule has 0 aromatic heterocycles. The van der Waals surface area contributed by atoms with Crippen molar-refractivity contribution in [2.24, 2.45) is 0 Å². The fourth-order valence-corrected chi connectivity index (χ4v) is 2.39. The minimum absolute atomic E-state index is 0.205. The van der Waals surface area contributed by atoms with Crippen molar-refractivity contribution in [1.82, 2.24) is 0 Å². The van der Waals surface area contributed by atoms with E-state index in [2.05, 4.69) is 43.9 Å². The summed E-state index contributed by atoms with van der Waals surface area (Å²) in [4.78, 5) is 4.53. The highest BCUT2D eigenvalue weighted by Crippen LogP contribution is 2.34. The van der Waals surface area contributed by atoms with Crippen molar-refractivity contribution < 1.29 is 5.11 Å². The SMILES string of the molecule is OCCN1CN(CCBr)c2ccccc21. The predicted octanol–water partition coefficient (Wildman–Crippen LogP) is 1.66. The number of aliphatic hydroxyl groups excluding tert-OH is 1. The van der Waals surface area contributed by atoms with Gasteiger partial charge in [-0.25, -0.2) is 0 Å². The maximum atomic E-state index is 9.00. The van der Waals surface area contributed by atoms with Crippen LogP contribution in [0.2, 0.25) is 0 Å². The molecule has 0 atom stereocenters. The first kappa shape index (κ1) is 10.8. The van der Waals surface area contributed by atoms with Crippen LogP contribution >= 0.6 is 15.9 Å². The van der Waals surface area contributed by atoms with E-state index in [1.165, 1.54) is 11.4 Å². The molecule has 0 radical (unpaired) electrons. The van der Waals surface area contributed by atoms with E-state index in [9.17, 15) is 0 Å². The molecule has 1 aromatic carbocycles. The van der Waals surface area contributed by atoms with Gasteiger partial charge in [-0.15, -0.1) is 0 Å². The molecule has 0 fully saturated rings. The Morgan fingerprint density at radius 3 is 2.27 bits per heavy atom. The summed E-state index contributed by atoms with van der Waals surface area (Å²) >= 11 is 3.46. The normalized spacial score (nSPS) is 14.5. The number of para-hydroxylation sites is 2. The Hall–Kier alpha value is -0.740. The van der Waals surface area contributed by atoms with E-state index in [1.54, 1.807) is 0 Å². The largest absolute Gasteiger partial charge is 0.395 e. The van der Waals surface area contributed by atoms with Crippen LogP contribution in [0.1, 0.15) is 0 Å². The van der Waals surface area contributed by atoms with E-state index in [-0.39, 0.29) is 6.61 Å². The number of fused-ring (bicyclic) bond motifs is 1. The molecule has 1 aliphatic rings. The van der Waals surface area contributed by atoms with Crippen molar-refractivity contribution in [2.45, 2.75) is 0 Å². The fraction of sp³-hybridized carbons (Fsp3) is 0.455. The van der Waals surface area contributed by atoms with Crippen LogP contribution < -0.4 is 9.80 Å². The number of anilines is 2. The molecule has 0 saturated carbocycles. The van der Waals surface area contributed by atoms with Gasteiger partial charge in [-0.1, -0.05) is 28.1 Å². The van der Waals surface area contributed by atoms with Gasteiger partial charge >= 0.3 is 0 Å². The lowest BCUT2D eigenvalue weighted by Crippen LogP contribution is -2.33. The molecular weight excluding hydrogens is 256 g/mol. The quantitative estimate of drug-likeness (QED) is 0.844. The molecule has 0 aliphatic carbocycles. The van der Waals surface area contributed by atoms with Gasteiger partial charge in [0.15, 0.2) is 0 Å². The van der Waals surface area contributed by atoms with Crippen molar-refractivity contribution in [3.63, 3.8) is 0 Å². The van der Waals surface area contributed by atoms with Crippen molar-refractivity contribution in [2.75, 3.05) is 41.5 Å². The van der Waals surface area contributed by atoms with Gasteiger partial charge in [-0.3, -0.25) is 0 Å². The fourth-order valence-electron chi connectivity index (χ4n) is 1.96. The number of β-amino-alcohol motifs (C(OH)–C–C–N with tert-alkyl or cyclic N) is 1. The average Bonchev–Trinajstić information content (AvgIpc) is 2.59. The highest BCUT2D eigenvalue weighted by molar-refractivity contribution is 9.09. The third kappa shape index (κ3) is 2.11. The second-order valence-corrected chi connectivity index (χ2v) is 4.36. The summed E-state index contributed by atoms with van der Waals surface area (Å²) in [5.74, 6) is 0. The number of rotatable bonds is 4. The van der Waals surface area contributed by atoms with Gasteiger partial charge in [0.25, 0.3) is 0 Å². The number of nitrogens with zero attached hydrogens (tertiary/aromatic N) is 2. The third-order valence-corrected chi connectivity index (χ3v) is 2.98. The minimum atomic E-state index is 0.205. The van der Waals surface area contributed by atoms with Crippen LogP contribution in [0, 0.1) is 0 Å². The standard InChI is InChI=1S/C11H15BrN2O/c12-5-6-13-9-14(7-8-15)11-4-2-1-3-10(11)13/h1-4,15H,5-9H2. The van der Waals surface area contributed by atoms with Crippen LogP contribution in [-0.4, -0.2) is 36.8 Å². The number of alkyl halides is 1. The third-order valence-electron chi connectivity index (χ3n) is 2.63. The number of aliphatic hydroxyl groups is 1. The summed E-state index contributed by atoms with van der Waals surface area (Å²) in [5.41, 5.74) is 2.50. The molecule has 3 nitrogen and oxygen atoms in total. The summed E-state index contributed by atoms with van der Waals surface area (Å²) < 4.78 is 0. The van der Waals surface area contributed by atoms with Crippen molar-refractivity contribution in [1.29, 1.82) is 0 Å². The average molecular weight is 271 g/mol. The molecule has 0 saturated heterocycles. The zero-order chi connectivity index (χ0) is 10.7. The molecule has 1 N–H and O–H groups in total. The van der Waals surface area contributed by atoms with Crippen LogP contribution in [0.4, 0.5) is 11.4 Å². The molecule has 4 heteroatoms. The highest BCUT2D eigenvalue weighted by atomic mass is 79.9.